The SMILES string of the molecule is CCCC1(C(=O)OC)Cc2ccc(OC)cc2C1=O. The Bertz CT molecular complexity index is 521. The van der Waals surface area contributed by atoms with Gasteiger partial charge >= 0.3 is 5.97 Å². The van der Waals surface area contributed by atoms with Gasteiger partial charge in [0.05, 0.1) is 14.2 Å². The number of ether oxygens (including phenoxy) is 2. The summed E-state index contributed by atoms with van der Waals surface area (Å²) in [4.78, 5) is 24.7. The molecule has 0 spiro atoms. The highest BCUT2D eigenvalue weighted by Gasteiger charge is 2.51. The predicted molar refractivity (Wildman–Crippen MR) is 70.4 cm³/mol. The van der Waals surface area contributed by atoms with Crippen LogP contribution in [0.2, 0.25) is 0 Å². The highest BCUT2D eigenvalue weighted by atomic mass is 16.5. The molecule has 2 rings (SSSR count). The van der Waals surface area contributed by atoms with Gasteiger partial charge in [-0.3, -0.25) is 9.59 Å². The molecular weight excluding hydrogens is 244 g/mol. The highest BCUT2D eigenvalue weighted by molar-refractivity contribution is 6.16. The fourth-order valence-electron chi connectivity index (χ4n) is 2.80. The summed E-state index contributed by atoms with van der Waals surface area (Å²) >= 11 is 0. The van der Waals surface area contributed by atoms with Crippen LogP contribution in [0.3, 0.4) is 0 Å². The first-order chi connectivity index (χ1) is 9.08. The van der Waals surface area contributed by atoms with Crippen LogP contribution in [-0.4, -0.2) is 26.0 Å². The van der Waals surface area contributed by atoms with Crippen LogP contribution in [0.25, 0.3) is 0 Å². The number of hydrogen-bond donors (Lipinski definition) is 0. The summed E-state index contributed by atoms with van der Waals surface area (Å²) in [5.74, 6) is 0.0499. The fourth-order valence-corrected chi connectivity index (χ4v) is 2.80. The number of carbonyl (C=O) groups is 2. The number of carbonyl (C=O) groups excluding carboxylic acids is 2. The Hall–Kier alpha value is -1.84. The van der Waals surface area contributed by atoms with Crippen molar-refractivity contribution in [1.29, 1.82) is 0 Å². The van der Waals surface area contributed by atoms with Crippen molar-refractivity contribution >= 4 is 11.8 Å². The Morgan fingerprint density at radius 2 is 2.11 bits per heavy atom. The second-order valence-electron chi connectivity index (χ2n) is 4.85. The van der Waals surface area contributed by atoms with Crippen molar-refractivity contribution in [3.8, 4) is 5.75 Å². The first-order valence-electron chi connectivity index (χ1n) is 6.39. The minimum absolute atomic E-state index is 0.143. The van der Waals surface area contributed by atoms with E-state index in [0.29, 0.717) is 24.2 Å². The molecule has 0 aromatic heterocycles. The Balaban J connectivity index is 2.47. The van der Waals surface area contributed by atoms with Crippen molar-refractivity contribution in [3.05, 3.63) is 29.3 Å². The van der Waals surface area contributed by atoms with Gasteiger partial charge in [0.1, 0.15) is 11.2 Å². The summed E-state index contributed by atoms with van der Waals surface area (Å²) in [5, 5.41) is 0. The van der Waals surface area contributed by atoms with Crippen LogP contribution in [0.1, 0.15) is 35.7 Å². The number of Topliss-reactive ketones (excluding diaryl/α,β-unsaturated/α-hetero) is 1. The van der Waals surface area contributed by atoms with Gasteiger partial charge in [-0.15, -0.1) is 0 Å². The monoisotopic (exact) mass is 262 g/mol. The van der Waals surface area contributed by atoms with Crippen LogP contribution in [0.4, 0.5) is 0 Å². The minimum Gasteiger partial charge on any atom is -0.497 e. The number of esters is 1. The third kappa shape index (κ3) is 2.01. The molecule has 0 N–H and O–H groups in total. The maximum atomic E-state index is 12.6. The second kappa shape index (κ2) is 5.03. The van der Waals surface area contributed by atoms with Gasteiger partial charge in [-0.05, 0) is 30.5 Å². The minimum atomic E-state index is -1.04. The molecule has 102 valence electrons. The summed E-state index contributed by atoms with van der Waals surface area (Å²) in [7, 11) is 2.89. The molecule has 1 aliphatic rings. The van der Waals surface area contributed by atoms with Crippen molar-refractivity contribution in [1.82, 2.24) is 0 Å². The fraction of sp³-hybridized carbons (Fsp3) is 0.467. The van der Waals surface area contributed by atoms with E-state index in [1.54, 1.807) is 13.2 Å². The number of hydrogen-bond acceptors (Lipinski definition) is 4. The van der Waals surface area contributed by atoms with Crippen molar-refractivity contribution in [3.63, 3.8) is 0 Å². The molecule has 4 heteroatoms. The van der Waals surface area contributed by atoms with E-state index in [9.17, 15) is 9.59 Å². The maximum Gasteiger partial charge on any atom is 0.320 e. The zero-order valence-electron chi connectivity index (χ0n) is 11.5. The average Bonchev–Trinajstić information content (AvgIpc) is 2.72. The van der Waals surface area contributed by atoms with E-state index in [-0.39, 0.29) is 5.78 Å². The molecule has 1 aromatic rings. The number of methoxy groups -OCH3 is 2. The van der Waals surface area contributed by atoms with Gasteiger partial charge in [0.2, 0.25) is 0 Å². The van der Waals surface area contributed by atoms with Crippen LogP contribution in [0.5, 0.6) is 5.75 Å². The van der Waals surface area contributed by atoms with E-state index < -0.39 is 11.4 Å². The summed E-state index contributed by atoms with van der Waals surface area (Å²) < 4.78 is 9.99. The van der Waals surface area contributed by atoms with Gasteiger partial charge in [0.15, 0.2) is 5.78 Å². The predicted octanol–water partition coefficient (Wildman–Crippen LogP) is 2.39. The van der Waals surface area contributed by atoms with Gasteiger partial charge in [0.25, 0.3) is 0 Å². The largest absolute Gasteiger partial charge is 0.497 e. The van der Waals surface area contributed by atoms with Crippen LogP contribution < -0.4 is 4.74 Å². The molecular formula is C15H18O4. The third-order valence-corrected chi connectivity index (χ3v) is 3.74. The lowest BCUT2D eigenvalue weighted by molar-refractivity contribution is -0.149. The normalized spacial score (nSPS) is 21.1. The number of rotatable bonds is 4. The van der Waals surface area contributed by atoms with Crippen LogP contribution in [0, 0.1) is 5.41 Å². The molecule has 1 unspecified atom stereocenters. The lowest BCUT2D eigenvalue weighted by Crippen LogP contribution is -2.38. The molecule has 1 aromatic carbocycles. The average molecular weight is 262 g/mol. The molecule has 0 fully saturated rings. The molecule has 0 radical (unpaired) electrons. The summed E-state index contributed by atoms with van der Waals surface area (Å²) in [6.45, 7) is 1.96. The van der Waals surface area contributed by atoms with Gasteiger partial charge in [-0.25, -0.2) is 0 Å². The molecule has 0 amide bonds. The number of benzene rings is 1. The molecule has 0 saturated carbocycles. The zero-order valence-corrected chi connectivity index (χ0v) is 11.5. The molecule has 1 aliphatic carbocycles. The van der Waals surface area contributed by atoms with E-state index in [2.05, 4.69) is 0 Å². The van der Waals surface area contributed by atoms with Crippen molar-refractivity contribution in [2.75, 3.05) is 14.2 Å². The smallest absolute Gasteiger partial charge is 0.320 e. The van der Waals surface area contributed by atoms with Gasteiger partial charge in [-0.1, -0.05) is 19.4 Å². The maximum absolute atomic E-state index is 12.6. The first kappa shape index (κ1) is 13.6. The molecule has 0 heterocycles. The standard InChI is InChI=1S/C15H18O4/c1-4-7-15(14(17)19-3)9-10-5-6-11(18-2)8-12(10)13(15)16/h5-6,8H,4,7,9H2,1-3H3. The zero-order chi connectivity index (χ0) is 14.0. The molecule has 4 nitrogen and oxygen atoms in total. The lowest BCUT2D eigenvalue weighted by Gasteiger charge is -2.23. The highest BCUT2D eigenvalue weighted by Crippen LogP contribution is 2.42. The molecule has 0 bridgehead atoms. The Morgan fingerprint density at radius 1 is 1.37 bits per heavy atom. The summed E-state index contributed by atoms with van der Waals surface area (Å²) in [5.41, 5.74) is 0.431. The molecule has 1 atom stereocenters. The van der Waals surface area contributed by atoms with Crippen molar-refractivity contribution < 1.29 is 19.1 Å². The van der Waals surface area contributed by atoms with Crippen LogP contribution in [0.15, 0.2) is 18.2 Å². The first-order valence-corrected chi connectivity index (χ1v) is 6.39. The third-order valence-electron chi connectivity index (χ3n) is 3.74. The topological polar surface area (TPSA) is 52.6 Å². The van der Waals surface area contributed by atoms with E-state index in [1.165, 1.54) is 7.11 Å². The molecule has 0 saturated heterocycles. The summed E-state index contributed by atoms with van der Waals surface area (Å²) in [6, 6.07) is 5.37. The van der Waals surface area contributed by atoms with Gasteiger partial charge < -0.3 is 9.47 Å². The number of fused-ring (bicyclic) bond motifs is 1. The van der Waals surface area contributed by atoms with Crippen molar-refractivity contribution in [2.45, 2.75) is 26.2 Å². The van der Waals surface area contributed by atoms with E-state index in [1.807, 2.05) is 19.1 Å². The Morgan fingerprint density at radius 3 is 2.68 bits per heavy atom. The van der Waals surface area contributed by atoms with Crippen molar-refractivity contribution in [2.24, 2.45) is 5.41 Å². The van der Waals surface area contributed by atoms with E-state index in [4.69, 9.17) is 9.47 Å². The molecule has 0 aliphatic heterocycles. The van der Waals surface area contributed by atoms with Crippen LogP contribution in [-0.2, 0) is 16.0 Å². The second-order valence-corrected chi connectivity index (χ2v) is 4.85. The van der Waals surface area contributed by atoms with E-state index in [0.717, 1.165) is 12.0 Å². The molecule has 19 heavy (non-hydrogen) atoms. The van der Waals surface area contributed by atoms with Gasteiger partial charge in [-0.2, -0.15) is 0 Å². The summed E-state index contributed by atoms with van der Waals surface area (Å²) in [6.07, 6.45) is 1.69. The van der Waals surface area contributed by atoms with E-state index >= 15 is 0 Å². The quantitative estimate of drug-likeness (QED) is 0.617. The lowest BCUT2D eigenvalue weighted by atomic mass is 9.79. The number of ketones is 1. The van der Waals surface area contributed by atoms with Crippen LogP contribution >= 0.6 is 0 Å². The van der Waals surface area contributed by atoms with Gasteiger partial charge in [0, 0.05) is 5.56 Å². The Labute approximate surface area is 112 Å². The Kier molecular flexibility index (Phi) is 3.60.